The van der Waals surface area contributed by atoms with Gasteiger partial charge in [0.05, 0.1) is 5.69 Å². The number of hydrogen-bond donors (Lipinski definition) is 1. The molecule has 2 atom stereocenters. The quantitative estimate of drug-likeness (QED) is 0.930. The molecule has 1 fully saturated rings. The second-order valence-electron chi connectivity index (χ2n) is 6.35. The molecule has 0 bridgehead atoms. The van der Waals surface area contributed by atoms with Crippen molar-refractivity contribution >= 4 is 0 Å². The number of aryl methyl sites for hydroxylation is 2. The zero-order valence-electron chi connectivity index (χ0n) is 12.5. The van der Waals surface area contributed by atoms with Gasteiger partial charge in [-0.05, 0) is 44.7 Å². The van der Waals surface area contributed by atoms with Crippen molar-refractivity contribution in [1.82, 2.24) is 14.7 Å². The Hall–Kier alpha value is -1.08. The van der Waals surface area contributed by atoms with Crippen LogP contribution in [0.15, 0.2) is 6.07 Å². The average molecular weight is 317 g/mol. The molecule has 0 amide bonds. The lowest BCUT2D eigenvalue weighted by atomic mass is 9.89. The fourth-order valence-electron chi connectivity index (χ4n) is 3.76. The van der Waals surface area contributed by atoms with E-state index in [0.29, 0.717) is 25.1 Å². The van der Waals surface area contributed by atoms with E-state index in [1.807, 2.05) is 10.7 Å². The molecule has 3 heterocycles. The number of aromatic nitrogens is 2. The number of hydrogen-bond acceptors (Lipinski definition) is 3. The predicted octanol–water partition coefficient (Wildman–Crippen LogP) is 2.35. The van der Waals surface area contributed by atoms with Crippen molar-refractivity contribution in [3.8, 4) is 0 Å². The molecule has 3 rings (SSSR count). The lowest BCUT2D eigenvalue weighted by molar-refractivity contribution is -0.211. The first-order valence-corrected chi connectivity index (χ1v) is 7.96. The Morgan fingerprint density at radius 1 is 1.23 bits per heavy atom. The van der Waals surface area contributed by atoms with E-state index in [4.69, 9.17) is 0 Å². The molecular weight excluding hydrogens is 295 g/mol. The first kappa shape index (κ1) is 15.8. The van der Waals surface area contributed by atoms with Crippen LogP contribution in [0.25, 0.3) is 0 Å². The van der Waals surface area contributed by atoms with E-state index in [1.165, 1.54) is 4.90 Å². The third kappa shape index (κ3) is 3.15. The van der Waals surface area contributed by atoms with Gasteiger partial charge in [0.15, 0.2) is 0 Å². The number of aliphatic hydroxyl groups is 1. The molecule has 2 aliphatic rings. The smallest absolute Gasteiger partial charge is 0.396 e. The molecule has 0 radical (unpaired) electrons. The fourth-order valence-corrected chi connectivity index (χ4v) is 3.76. The summed E-state index contributed by atoms with van der Waals surface area (Å²) in [7, 11) is 0. The van der Waals surface area contributed by atoms with Crippen LogP contribution in [0.4, 0.5) is 13.2 Å². The third-order valence-corrected chi connectivity index (χ3v) is 4.76. The van der Waals surface area contributed by atoms with E-state index < -0.39 is 24.7 Å². The van der Waals surface area contributed by atoms with Gasteiger partial charge in [-0.25, -0.2) is 0 Å². The second-order valence-corrected chi connectivity index (χ2v) is 6.35. The van der Waals surface area contributed by atoms with Crippen molar-refractivity contribution in [2.24, 2.45) is 5.92 Å². The van der Waals surface area contributed by atoms with Gasteiger partial charge in [-0.3, -0.25) is 9.58 Å². The zero-order valence-corrected chi connectivity index (χ0v) is 12.5. The van der Waals surface area contributed by atoms with Crippen molar-refractivity contribution in [3.05, 3.63) is 17.5 Å². The molecule has 0 saturated carbocycles. The fraction of sp³-hybridized carbons (Fsp3) is 0.800. The molecule has 124 valence electrons. The maximum absolute atomic E-state index is 13.4. The van der Waals surface area contributed by atoms with Crippen LogP contribution in [0.5, 0.6) is 0 Å². The molecule has 1 aromatic rings. The number of alkyl halides is 3. The van der Waals surface area contributed by atoms with E-state index >= 15 is 0 Å². The van der Waals surface area contributed by atoms with E-state index in [0.717, 1.165) is 31.5 Å². The van der Waals surface area contributed by atoms with Gasteiger partial charge in [0.25, 0.3) is 0 Å². The Bertz CT molecular complexity index is 491. The molecule has 0 spiro atoms. The predicted molar refractivity (Wildman–Crippen MR) is 75.2 cm³/mol. The molecule has 1 aromatic heterocycles. The summed E-state index contributed by atoms with van der Waals surface area (Å²) in [6.07, 6.45) is -0.0490. The Balaban J connectivity index is 1.78. The van der Waals surface area contributed by atoms with Crippen molar-refractivity contribution < 1.29 is 18.3 Å². The van der Waals surface area contributed by atoms with Crippen LogP contribution in [-0.4, -0.2) is 45.2 Å². The first-order chi connectivity index (χ1) is 10.5. The van der Waals surface area contributed by atoms with E-state index in [-0.39, 0.29) is 6.54 Å². The SMILES string of the molecule is OC[C@@H]1CCCN(Cc2cc3n(n2)CCCC3)[C@@H]1C(F)(F)F. The van der Waals surface area contributed by atoms with Gasteiger partial charge in [0.2, 0.25) is 0 Å². The van der Waals surface area contributed by atoms with E-state index in [9.17, 15) is 18.3 Å². The Kier molecular flexibility index (Phi) is 4.45. The molecule has 0 aromatic carbocycles. The summed E-state index contributed by atoms with van der Waals surface area (Å²) in [6.45, 7) is 1.06. The first-order valence-electron chi connectivity index (χ1n) is 7.96. The number of piperidine rings is 1. The minimum Gasteiger partial charge on any atom is -0.396 e. The molecule has 1 saturated heterocycles. The van der Waals surface area contributed by atoms with Gasteiger partial charge in [-0.15, -0.1) is 0 Å². The Morgan fingerprint density at radius 2 is 2.05 bits per heavy atom. The molecule has 1 N–H and O–H groups in total. The van der Waals surface area contributed by atoms with Gasteiger partial charge >= 0.3 is 6.18 Å². The summed E-state index contributed by atoms with van der Waals surface area (Å²) in [5.41, 5.74) is 1.84. The highest BCUT2D eigenvalue weighted by molar-refractivity contribution is 5.12. The molecule has 0 aliphatic carbocycles. The summed E-state index contributed by atoms with van der Waals surface area (Å²) in [5.74, 6) is -0.731. The van der Waals surface area contributed by atoms with Crippen LogP contribution in [-0.2, 0) is 19.5 Å². The summed E-state index contributed by atoms with van der Waals surface area (Å²) in [6, 6.07) is 0.375. The molecule has 0 unspecified atom stereocenters. The van der Waals surface area contributed by atoms with Crippen LogP contribution >= 0.6 is 0 Å². The highest BCUT2D eigenvalue weighted by Gasteiger charge is 2.49. The normalized spacial score (nSPS) is 26.9. The van der Waals surface area contributed by atoms with Crippen molar-refractivity contribution in [2.75, 3.05) is 13.2 Å². The molecule has 4 nitrogen and oxygen atoms in total. The van der Waals surface area contributed by atoms with Crippen molar-refractivity contribution in [2.45, 2.75) is 57.4 Å². The summed E-state index contributed by atoms with van der Waals surface area (Å²) < 4.78 is 42.1. The third-order valence-electron chi connectivity index (χ3n) is 4.76. The summed E-state index contributed by atoms with van der Waals surface area (Å²) in [4.78, 5) is 1.44. The summed E-state index contributed by atoms with van der Waals surface area (Å²) in [5, 5.41) is 13.8. The Morgan fingerprint density at radius 3 is 2.73 bits per heavy atom. The molecule has 22 heavy (non-hydrogen) atoms. The number of nitrogens with zero attached hydrogens (tertiary/aromatic N) is 3. The minimum absolute atomic E-state index is 0.209. The monoisotopic (exact) mass is 317 g/mol. The van der Waals surface area contributed by atoms with E-state index in [2.05, 4.69) is 5.10 Å². The van der Waals surface area contributed by atoms with Crippen molar-refractivity contribution in [3.63, 3.8) is 0 Å². The topological polar surface area (TPSA) is 41.3 Å². The lowest BCUT2D eigenvalue weighted by Gasteiger charge is -2.41. The Labute approximate surface area is 127 Å². The van der Waals surface area contributed by atoms with Crippen LogP contribution in [0.1, 0.15) is 37.1 Å². The van der Waals surface area contributed by atoms with Gasteiger partial charge in [-0.1, -0.05) is 0 Å². The number of aliphatic hydroxyl groups excluding tert-OH is 1. The van der Waals surface area contributed by atoms with Crippen LogP contribution in [0.3, 0.4) is 0 Å². The maximum Gasteiger partial charge on any atom is 0.404 e. The van der Waals surface area contributed by atoms with Crippen LogP contribution in [0.2, 0.25) is 0 Å². The second kappa shape index (κ2) is 6.20. The number of likely N-dealkylation sites (tertiary alicyclic amines) is 1. The number of fused-ring (bicyclic) bond motifs is 1. The van der Waals surface area contributed by atoms with Crippen LogP contribution < -0.4 is 0 Å². The molecule has 2 aliphatic heterocycles. The zero-order chi connectivity index (χ0) is 15.7. The number of halogens is 3. The van der Waals surface area contributed by atoms with Crippen molar-refractivity contribution in [1.29, 1.82) is 0 Å². The van der Waals surface area contributed by atoms with Gasteiger partial charge in [-0.2, -0.15) is 18.3 Å². The molecular formula is C15H22F3N3O. The highest BCUT2D eigenvalue weighted by atomic mass is 19.4. The standard InChI is InChI=1S/C15H22F3N3O/c16-15(17,18)14-11(10-22)4-3-6-20(14)9-12-8-13-5-1-2-7-21(13)19-12/h8,11,14,22H,1-7,9-10H2/t11-,14-/m0/s1. The van der Waals surface area contributed by atoms with Gasteiger partial charge in [0, 0.05) is 31.3 Å². The summed E-state index contributed by atoms with van der Waals surface area (Å²) >= 11 is 0. The minimum atomic E-state index is -4.31. The highest BCUT2D eigenvalue weighted by Crippen LogP contribution is 2.36. The van der Waals surface area contributed by atoms with Gasteiger partial charge < -0.3 is 5.11 Å². The maximum atomic E-state index is 13.4. The average Bonchev–Trinajstić information content (AvgIpc) is 2.87. The number of rotatable bonds is 3. The van der Waals surface area contributed by atoms with Gasteiger partial charge in [0.1, 0.15) is 6.04 Å². The van der Waals surface area contributed by atoms with Crippen LogP contribution in [0, 0.1) is 5.92 Å². The van der Waals surface area contributed by atoms with E-state index in [1.54, 1.807) is 0 Å². The largest absolute Gasteiger partial charge is 0.404 e. The lowest BCUT2D eigenvalue weighted by Crippen LogP contribution is -2.54. The molecule has 7 heteroatoms.